The summed E-state index contributed by atoms with van der Waals surface area (Å²) in [5.74, 6) is 0. The second-order valence-electron chi connectivity index (χ2n) is 1.69. The van der Waals surface area contributed by atoms with Crippen LogP contribution in [0.15, 0.2) is 12.8 Å². The van der Waals surface area contributed by atoms with Crippen molar-refractivity contribution in [2.24, 2.45) is 5.73 Å². The second-order valence-corrected chi connectivity index (χ2v) is 1.69. The fourth-order valence-electron chi connectivity index (χ4n) is 0.467. The van der Waals surface area contributed by atoms with E-state index < -0.39 is 0 Å². The first-order valence-corrected chi connectivity index (χ1v) is 2.77. The van der Waals surface area contributed by atoms with Crippen molar-refractivity contribution in [1.29, 1.82) is 0 Å². The molecule has 2 heteroatoms. The zero-order valence-corrected chi connectivity index (χ0v) is 5.26. The highest BCUT2D eigenvalue weighted by Crippen LogP contribution is 1.93. The van der Waals surface area contributed by atoms with Gasteiger partial charge in [0.05, 0.1) is 12.4 Å². The van der Waals surface area contributed by atoms with Crippen molar-refractivity contribution in [1.82, 2.24) is 0 Å². The first-order chi connectivity index (χ1) is 3.81. The number of rotatable bonds is 4. The largest absolute Gasteiger partial charge is 0.499 e. The summed E-state index contributed by atoms with van der Waals surface area (Å²) >= 11 is 0. The Bertz CT molecular complexity index is 63.5. The van der Waals surface area contributed by atoms with Crippen molar-refractivity contribution >= 4 is 0 Å². The molecule has 2 N–H and O–H groups in total. The maximum atomic E-state index is 5.25. The van der Waals surface area contributed by atoms with E-state index in [1.54, 1.807) is 0 Å². The maximum Gasteiger partial charge on any atom is 0.0962 e. The van der Waals surface area contributed by atoms with Crippen molar-refractivity contribution in [2.75, 3.05) is 6.54 Å². The summed E-state index contributed by atoms with van der Waals surface area (Å²) in [5, 5.41) is 0. The van der Waals surface area contributed by atoms with Gasteiger partial charge in [0.1, 0.15) is 0 Å². The molecular weight excluding hydrogens is 102 g/mol. The van der Waals surface area contributed by atoms with Crippen LogP contribution in [0.3, 0.4) is 0 Å². The second kappa shape index (κ2) is 4.65. The van der Waals surface area contributed by atoms with E-state index in [2.05, 4.69) is 6.58 Å². The van der Waals surface area contributed by atoms with E-state index in [1.165, 1.54) is 6.26 Å². The predicted octanol–water partition coefficient (Wildman–Crippen LogP) is 0.884. The van der Waals surface area contributed by atoms with E-state index >= 15 is 0 Å². The van der Waals surface area contributed by atoms with E-state index in [4.69, 9.17) is 10.5 Å². The SMILES string of the molecule is C=COC(C)CCN. The van der Waals surface area contributed by atoms with Gasteiger partial charge in [-0.1, -0.05) is 6.58 Å². The normalized spacial score (nSPS) is 12.8. The molecule has 48 valence electrons. The number of ether oxygens (including phenoxy) is 1. The third kappa shape index (κ3) is 3.68. The van der Waals surface area contributed by atoms with E-state index in [1.807, 2.05) is 6.92 Å². The summed E-state index contributed by atoms with van der Waals surface area (Å²) in [4.78, 5) is 0. The van der Waals surface area contributed by atoms with Crippen LogP contribution in [0.2, 0.25) is 0 Å². The van der Waals surface area contributed by atoms with Crippen LogP contribution >= 0.6 is 0 Å². The molecule has 1 unspecified atom stereocenters. The Labute approximate surface area is 50.3 Å². The monoisotopic (exact) mass is 115 g/mol. The summed E-state index contributed by atoms with van der Waals surface area (Å²) in [7, 11) is 0. The molecule has 0 aromatic heterocycles. The number of hydrogen-bond donors (Lipinski definition) is 1. The summed E-state index contributed by atoms with van der Waals surface area (Å²) in [6.07, 6.45) is 2.56. The van der Waals surface area contributed by atoms with Gasteiger partial charge in [0.15, 0.2) is 0 Å². The van der Waals surface area contributed by atoms with Crippen LogP contribution in [0.5, 0.6) is 0 Å². The van der Waals surface area contributed by atoms with E-state index in [-0.39, 0.29) is 6.10 Å². The van der Waals surface area contributed by atoms with Crippen molar-refractivity contribution in [3.05, 3.63) is 12.8 Å². The zero-order valence-electron chi connectivity index (χ0n) is 5.26. The van der Waals surface area contributed by atoms with Gasteiger partial charge < -0.3 is 10.5 Å². The fraction of sp³-hybridized carbons (Fsp3) is 0.667. The number of hydrogen-bond acceptors (Lipinski definition) is 2. The lowest BCUT2D eigenvalue weighted by Gasteiger charge is -2.07. The molecule has 0 aliphatic carbocycles. The Morgan fingerprint density at radius 3 is 2.88 bits per heavy atom. The number of nitrogens with two attached hydrogens (primary N) is 1. The van der Waals surface area contributed by atoms with E-state index in [0.717, 1.165) is 6.42 Å². The van der Waals surface area contributed by atoms with Crippen LogP contribution in [0.1, 0.15) is 13.3 Å². The van der Waals surface area contributed by atoms with Crippen LogP contribution in [0.4, 0.5) is 0 Å². The minimum absolute atomic E-state index is 0.220. The van der Waals surface area contributed by atoms with Gasteiger partial charge in [0, 0.05) is 0 Å². The molecule has 0 rings (SSSR count). The molecule has 8 heavy (non-hydrogen) atoms. The Balaban J connectivity index is 3.03. The topological polar surface area (TPSA) is 35.2 Å². The molecule has 0 aromatic carbocycles. The van der Waals surface area contributed by atoms with E-state index in [9.17, 15) is 0 Å². The van der Waals surface area contributed by atoms with Crippen molar-refractivity contribution in [3.63, 3.8) is 0 Å². The van der Waals surface area contributed by atoms with Crippen molar-refractivity contribution in [3.8, 4) is 0 Å². The Morgan fingerprint density at radius 1 is 1.88 bits per heavy atom. The van der Waals surface area contributed by atoms with Gasteiger partial charge >= 0.3 is 0 Å². The first-order valence-electron chi connectivity index (χ1n) is 2.77. The molecule has 0 radical (unpaired) electrons. The highest BCUT2D eigenvalue weighted by molar-refractivity contribution is 4.56. The maximum absolute atomic E-state index is 5.25. The summed E-state index contributed by atoms with van der Waals surface area (Å²) in [6.45, 7) is 6.06. The van der Waals surface area contributed by atoms with Gasteiger partial charge in [0.25, 0.3) is 0 Å². The highest BCUT2D eigenvalue weighted by Gasteiger charge is 1.94. The lowest BCUT2D eigenvalue weighted by atomic mass is 10.3. The van der Waals surface area contributed by atoms with Gasteiger partial charge in [0.2, 0.25) is 0 Å². The molecule has 0 spiro atoms. The molecule has 0 bridgehead atoms. The molecule has 0 saturated heterocycles. The lowest BCUT2D eigenvalue weighted by molar-refractivity contribution is 0.156. The van der Waals surface area contributed by atoms with Crippen LogP contribution in [0.25, 0.3) is 0 Å². The molecule has 0 amide bonds. The standard InChI is InChI=1S/C6H13NO/c1-3-8-6(2)4-5-7/h3,6H,1,4-5,7H2,2H3. The fourth-order valence-corrected chi connectivity index (χ4v) is 0.467. The Kier molecular flexibility index (Phi) is 4.36. The van der Waals surface area contributed by atoms with Gasteiger partial charge in [-0.25, -0.2) is 0 Å². The summed E-state index contributed by atoms with van der Waals surface area (Å²) < 4.78 is 4.97. The van der Waals surface area contributed by atoms with Gasteiger partial charge in [-0.3, -0.25) is 0 Å². The zero-order chi connectivity index (χ0) is 6.41. The minimum Gasteiger partial charge on any atom is -0.499 e. The molecule has 2 nitrogen and oxygen atoms in total. The van der Waals surface area contributed by atoms with Crippen LogP contribution in [0, 0.1) is 0 Å². The average Bonchev–Trinajstić information content (AvgIpc) is 1.68. The van der Waals surface area contributed by atoms with Crippen molar-refractivity contribution < 1.29 is 4.74 Å². The van der Waals surface area contributed by atoms with E-state index in [0.29, 0.717) is 6.54 Å². The molecule has 0 saturated carbocycles. The highest BCUT2D eigenvalue weighted by atomic mass is 16.5. The molecule has 0 aliphatic rings. The van der Waals surface area contributed by atoms with Gasteiger partial charge in [-0.15, -0.1) is 0 Å². The predicted molar refractivity (Wildman–Crippen MR) is 34.4 cm³/mol. The quantitative estimate of drug-likeness (QED) is 0.552. The van der Waals surface area contributed by atoms with Crippen LogP contribution in [-0.4, -0.2) is 12.6 Å². The lowest BCUT2D eigenvalue weighted by Crippen LogP contribution is -2.11. The molecule has 0 fully saturated rings. The van der Waals surface area contributed by atoms with Gasteiger partial charge in [-0.05, 0) is 19.9 Å². The Hall–Kier alpha value is -0.500. The smallest absolute Gasteiger partial charge is 0.0962 e. The van der Waals surface area contributed by atoms with Crippen LogP contribution in [-0.2, 0) is 4.74 Å². The van der Waals surface area contributed by atoms with Gasteiger partial charge in [-0.2, -0.15) is 0 Å². The Morgan fingerprint density at radius 2 is 2.50 bits per heavy atom. The summed E-state index contributed by atoms with van der Waals surface area (Å²) in [6, 6.07) is 0. The molecule has 0 aliphatic heterocycles. The average molecular weight is 115 g/mol. The van der Waals surface area contributed by atoms with Crippen LogP contribution < -0.4 is 5.73 Å². The molecule has 1 atom stereocenters. The molecular formula is C6H13NO. The van der Waals surface area contributed by atoms with Crippen molar-refractivity contribution in [2.45, 2.75) is 19.4 Å². The minimum atomic E-state index is 0.220. The molecule has 0 heterocycles. The summed E-state index contributed by atoms with van der Waals surface area (Å²) in [5.41, 5.74) is 5.25. The first kappa shape index (κ1) is 7.50. The third-order valence-electron chi connectivity index (χ3n) is 0.902. The molecule has 0 aromatic rings. The third-order valence-corrected chi connectivity index (χ3v) is 0.902.